The molecule has 0 atom stereocenters. The first kappa shape index (κ1) is 19.4. The van der Waals surface area contributed by atoms with Crippen LogP contribution in [-0.4, -0.2) is 48.7 Å². The molecule has 0 aromatic heterocycles. The number of fused-ring (bicyclic) bond motifs is 1. The van der Waals surface area contributed by atoms with Crippen molar-refractivity contribution >= 4 is 29.1 Å². The molecule has 7 heteroatoms. The Hall–Kier alpha value is -1.95. The third kappa shape index (κ3) is 4.54. The molecule has 0 bridgehead atoms. The van der Waals surface area contributed by atoms with Crippen molar-refractivity contribution < 1.29 is 14.3 Å². The van der Waals surface area contributed by atoms with Crippen molar-refractivity contribution in [3.05, 3.63) is 57.6 Å². The number of hydrogen-bond donors (Lipinski definition) is 0. The number of aryl methyl sites for hydroxylation is 1. The third-order valence-electron chi connectivity index (χ3n) is 5.19. The number of piperazine rings is 1. The third-order valence-corrected chi connectivity index (χ3v) is 5.78. The maximum absolute atomic E-state index is 12.6. The summed E-state index contributed by atoms with van der Waals surface area (Å²) >= 11 is 12.1. The fourth-order valence-electron chi connectivity index (χ4n) is 3.58. The summed E-state index contributed by atoms with van der Waals surface area (Å²) in [5, 5.41) is 1.23. The maximum Gasteiger partial charge on any atom is 0.231 e. The number of hydrogen-bond acceptors (Lipinski definition) is 4. The quantitative estimate of drug-likeness (QED) is 0.732. The second-order valence-electron chi connectivity index (χ2n) is 7.08. The number of nitrogens with zero attached hydrogens (tertiary/aromatic N) is 2. The fraction of sp³-hybridized carbons (Fsp3) is 0.381. The van der Waals surface area contributed by atoms with Gasteiger partial charge >= 0.3 is 0 Å². The fourth-order valence-corrected chi connectivity index (χ4v) is 4.08. The SMILES string of the molecule is O=C(CCc1ccc(Cl)cc1Cl)N1CCN(Cc2ccc3c(c2)OCO3)CC1. The summed E-state index contributed by atoms with van der Waals surface area (Å²) in [5.74, 6) is 1.79. The molecule has 0 unspecified atom stereocenters. The van der Waals surface area contributed by atoms with Crippen LogP contribution in [0.25, 0.3) is 0 Å². The molecule has 0 saturated carbocycles. The van der Waals surface area contributed by atoms with Crippen LogP contribution in [0, 0.1) is 0 Å². The van der Waals surface area contributed by atoms with E-state index in [-0.39, 0.29) is 5.91 Å². The summed E-state index contributed by atoms with van der Waals surface area (Å²) < 4.78 is 10.8. The zero-order chi connectivity index (χ0) is 19.5. The molecule has 0 spiro atoms. The number of rotatable bonds is 5. The van der Waals surface area contributed by atoms with E-state index in [1.54, 1.807) is 6.07 Å². The summed E-state index contributed by atoms with van der Waals surface area (Å²) in [5.41, 5.74) is 2.15. The Balaban J connectivity index is 1.25. The van der Waals surface area contributed by atoms with Gasteiger partial charge in [-0.05, 0) is 41.8 Å². The number of ether oxygens (including phenoxy) is 2. The highest BCUT2D eigenvalue weighted by Crippen LogP contribution is 2.32. The van der Waals surface area contributed by atoms with Crippen molar-refractivity contribution in [2.24, 2.45) is 0 Å². The molecule has 0 N–H and O–H groups in total. The van der Waals surface area contributed by atoms with Crippen molar-refractivity contribution in [1.82, 2.24) is 9.80 Å². The van der Waals surface area contributed by atoms with Gasteiger partial charge in [-0.25, -0.2) is 0 Å². The van der Waals surface area contributed by atoms with E-state index in [0.717, 1.165) is 49.8 Å². The van der Waals surface area contributed by atoms with E-state index in [4.69, 9.17) is 32.7 Å². The number of halogens is 2. The van der Waals surface area contributed by atoms with Gasteiger partial charge in [-0.2, -0.15) is 0 Å². The Kier molecular flexibility index (Phi) is 5.95. The highest BCUT2D eigenvalue weighted by molar-refractivity contribution is 6.35. The molecular weight excluding hydrogens is 399 g/mol. The summed E-state index contributed by atoms with van der Waals surface area (Å²) in [6, 6.07) is 11.5. The topological polar surface area (TPSA) is 42.0 Å². The van der Waals surface area contributed by atoms with Crippen LogP contribution in [0.15, 0.2) is 36.4 Å². The zero-order valence-electron chi connectivity index (χ0n) is 15.5. The number of amides is 1. The summed E-state index contributed by atoms with van der Waals surface area (Å²) in [6.45, 7) is 4.36. The van der Waals surface area contributed by atoms with Crippen molar-refractivity contribution in [3.63, 3.8) is 0 Å². The predicted molar refractivity (Wildman–Crippen MR) is 109 cm³/mol. The van der Waals surface area contributed by atoms with Crippen LogP contribution in [0.5, 0.6) is 11.5 Å². The number of carbonyl (C=O) groups is 1. The molecule has 2 heterocycles. The number of benzene rings is 2. The van der Waals surface area contributed by atoms with Crippen LogP contribution in [0.2, 0.25) is 10.0 Å². The molecule has 0 aliphatic carbocycles. The highest BCUT2D eigenvalue weighted by atomic mass is 35.5. The Bertz CT molecular complexity index is 867. The molecule has 2 aliphatic heterocycles. The molecule has 2 aromatic rings. The number of carbonyl (C=O) groups excluding carboxylic acids is 1. The first-order valence-electron chi connectivity index (χ1n) is 9.41. The zero-order valence-corrected chi connectivity index (χ0v) is 17.0. The van der Waals surface area contributed by atoms with Gasteiger partial charge in [0, 0.05) is 49.2 Å². The lowest BCUT2D eigenvalue weighted by Crippen LogP contribution is -2.48. The lowest BCUT2D eigenvalue weighted by atomic mass is 10.1. The van der Waals surface area contributed by atoms with Crippen LogP contribution >= 0.6 is 23.2 Å². The van der Waals surface area contributed by atoms with Crippen LogP contribution in [-0.2, 0) is 17.8 Å². The molecular formula is C21H22Cl2N2O3. The first-order valence-corrected chi connectivity index (χ1v) is 10.2. The monoisotopic (exact) mass is 420 g/mol. The maximum atomic E-state index is 12.6. The smallest absolute Gasteiger partial charge is 0.231 e. The van der Waals surface area contributed by atoms with Gasteiger partial charge in [-0.1, -0.05) is 35.3 Å². The van der Waals surface area contributed by atoms with Crippen molar-refractivity contribution in [1.29, 1.82) is 0 Å². The van der Waals surface area contributed by atoms with Crippen molar-refractivity contribution in [3.8, 4) is 11.5 Å². The molecule has 148 valence electrons. The lowest BCUT2D eigenvalue weighted by Gasteiger charge is -2.35. The van der Waals surface area contributed by atoms with E-state index in [9.17, 15) is 4.79 Å². The average Bonchev–Trinajstić information content (AvgIpc) is 3.15. The van der Waals surface area contributed by atoms with Crippen LogP contribution in [0.1, 0.15) is 17.5 Å². The van der Waals surface area contributed by atoms with E-state index in [2.05, 4.69) is 11.0 Å². The normalized spacial score (nSPS) is 16.4. The molecule has 1 amide bonds. The van der Waals surface area contributed by atoms with Gasteiger partial charge in [0.1, 0.15) is 0 Å². The Morgan fingerprint density at radius 3 is 2.54 bits per heavy atom. The molecule has 1 fully saturated rings. The van der Waals surface area contributed by atoms with Crippen LogP contribution < -0.4 is 9.47 Å². The van der Waals surface area contributed by atoms with Gasteiger partial charge in [0.15, 0.2) is 11.5 Å². The van der Waals surface area contributed by atoms with Gasteiger partial charge in [0.05, 0.1) is 0 Å². The lowest BCUT2D eigenvalue weighted by molar-refractivity contribution is -0.133. The second kappa shape index (κ2) is 8.60. The Morgan fingerprint density at radius 1 is 0.964 bits per heavy atom. The summed E-state index contributed by atoms with van der Waals surface area (Å²) in [4.78, 5) is 16.9. The van der Waals surface area contributed by atoms with Crippen molar-refractivity contribution in [2.45, 2.75) is 19.4 Å². The summed E-state index contributed by atoms with van der Waals surface area (Å²) in [7, 11) is 0. The van der Waals surface area contributed by atoms with Gasteiger partial charge < -0.3 is 14.4 Å². The first-order chi connectivity index (χ1) is 13.6. The van der Waals surface area contributed by atoms with E-state index in [1.165, 1.54) is 5.56 Å². The molecule has 28 heavy (non-hydrogen) atoms. The molecule has 1 saturated heterocycles. The summed E-state index contributed by atoms with van der Waals surface area (Å²) in [6.07, 6.45) is 1.09. The van der Waals surface area contributed by atoms with Crippen LogP contribution in [0.3, 0.4) is 0 Å². The largest absolute Gasteiger partial charge is 0.454 e. The molecule has 2 aliphatic rings. The molecule has 2 aromatic carbocycles. The molecule has 5 nitrogen and oxygen atoms in total. The van der Waals surface area contributed by atoms with Gasteiger partial charge in [-0.3, -0.25) is 9.69 Å². The minimum absolute atomic E-state index is 0.175. The van der Waals surface area contributed by atoms with E-state index in [0.29, 0.717) is 29.7 Å². The molecule has 4 rings (SSSR count). The van der Waals surface area contributed by atoms with E-state index in [1.807, 2.05) is 29.2 Å². The predicted octanol–water partition coefficient (Wildman–Crippen LogP) is 4.00. The van der Waals surface area contributed by atoms with Crippen LogP contribution in [0.4, 0.5) is 0 Å². The van der Waals surface area contributed by atoms with E-state index >= 15 is 0 Å². The highest BCUT2D eigenvalue weighted by Gasteiger charge is 2.22. The van der Waals surface area contributed by atoms with Crippen molar-refractivity contribution in [2.75, 3.05) is 33.0 Å². The second-order valence-corrected chi connectivity index (χ2v) is 7.92. The van der Waals surface area contributed by atoms with E-state index < -0.39 is 0 Å². The standard InChI is InChI=1S/C21H22Cl2N2O3/c22-17-4-2-16(18(23)12-17)3-6-21(26)25-9-7-24(8-10-25)13-15-1-5-19-20(11-15)28-14-27-19/h1-2,4-5,11-12H,3,6-10,13-14H2. The van der Waals surface area contributed by atoms with Gasteiger partial charge in [-0.15, -0.1) is 0 Å². The molecule has 0 radical (unpaired) electrons. The minimum atomic E-state index is 0.175. The Labute approximate surface area is 174 Å². The average molecular weight is 421 g/mol. The Morgan fingerprint density at radius 2 is 1.75 bits per heavy atom. The van der Waals surface area contributed by atoms with Gasteiger partial charge in [0.2, 0.25) is 12.7 Å². The minimum Gasteiger partial charge on any atom is -0.454 e. The van der Waals surface area contributed by atoms with Gasteiger partial charge in [0.25, 0.3) is 0 Å².